The third kappa shape index (κ3) is 3.42. The summed E-state index contributed by atoms with van der Waals surface area (Å²) in [6.07, 6.45) is 11.5. The number of likely N-dealkylation sites (tertiary alicyclic amines) is 2. The Kier molecular flexibility index (Phi) is 5.09. The van der Waals surface area contributed by atoms with Gasteiger partial charge in [0.1, 0.15) is 0 Å². The highest BCUT2D eigenvalue weighted by Gasteiger charge is 2.30. The lowest BCUT2D eigenvalue weighted by molar-refractivity contribution is 0.0719. The van der Waals surface area contributed by atoms with Crippen LogP contribution in [-0.2, 0) is 0 Å². The molecule has 1 aromatic carbocycles. The maximum Gasteiger partial charge on any atom is 0.258 e. The van der Waals surface area contributed by atoms with Crippen molar-refractivity contribution in [2.24, 2.45) is 5.92 Å². The van der Waals surface area contributed by atoms with E-state index in [0.29, 0.717) is 17.0 Å². The van der Waals surface area contributed by atoms with E-state index in [1.807, 2.05) is 34.1 Å². The molecule has 0 N–H and O–H groups in total. The lowest BCUT2D eigenvalue weighted by atomic mass is 9.84. The maximum atomic E-state index is 13.0. The molecule has 4 rings (SSSR count). The van der Waals surface area contributed by atoms with Crippen LogP contribution in [-0.4, -0.2) is 41.2 Å². The van der Waals surface area contributed by atoms with E-state index in [1.165, 1.54) is 31.4 Å². The van der Waals surface area contributed by atoms with E-state index < -0.39 is 0 Å². The van der Waals surface area contributed by atoms with Gasteiger partial charge in [-0.2, -0.15) is 0 Å². The number of benzene rings is 1. The van der Waals surface area contributed by atoms with Crippen molar-refractivity contribution < 1.29 is 9.59 Å². The van der Waals surface area contributed by atoms with Gasteiger partial charge in [0.25, 0.3) is 11.8 Å². The number of carbonyl (C=O) groups is 2. The minimum atomic E-state index is 0.0832. The third-order valence-corrected chi connectivity index (χ3v) is 6.04. The first-order chi connectivity index (χ1) is 12.7. The molecule has 0 bridgehead atoms. The average Bonchev–Trinajstić information content (AvgIpc) is 2.73. The van der Waals surface area contributed by atoms with Crippen molar-refractivity contribution in [1.82, 2.24) is 9.80 Å². The van der Waals surface area contributed by atoms with Gasteiger partial charge in [0.2, 0.25) is 0 Å². The van der Waals surface area contributed by atoms with Gasteiger partial charge in [-0.3, -0.25) is 9.59 Å². The van der Waals surface area contributed by atoms with Crippen molar-refractivity contribution in [2.75, 3.05) is 19.6 Å². The molecule has 2 fully saturated rings. The number of fused-ring (bicyclic) bond motifs is 1. The standard InChI is InChI=1S/C22H28N2O2/c25-21(23-14-4-1-5-15-23)18-10-12-19(13-11-18)22(26)24-16-6-8-17-7-2-3-9-20(17)24/h9-13,17H,1-8,14-16H2. The van der Waals surface area contributed by atoms with E-state index >= 15 is 0 Å². The van der Waals surface area contributed by atoms with Gasteiger partial charge in [0.15, 0.2) is 0 Å². The summed E-state index contributed by atoms with van der Waals surface area (Å²) in [5, 5.41) is 0. The second kappa shape index (κ2) is 7.65. The highest BCUT2D eigenvalue weighted by molar-refractivity contribution is 5.98. The van der Waals surface area contributed by atoms with Crippen molar-refractivity contribution in [3.63, 3.8) is 0 Å². The van der Waals surface area contributed by atoms with Crippen LogP contribution >= 0.6 is 0 Å². The minimum Gasteiger partial charge on any atom is -0.339 e. The number of piperidine rings is 2. The molecule has 2 heterocycles. The number of nitrogens with zero attached hydrogens (tertiary/aromatic N) is 2. The average molecular weight is 352 g/mol. The maximum absolute atomic E-state index is 13.0. The van der Waals surface area contributed by atoms with Crippen LogP contribution in [0.25, 0.3) is 0 Å². The van der Waals surface area contributed by atoms with E-state index in [4.69, 9.17) is 0 Å². The first kappa shape index (κ1) is 17.3. The second-order valence-corrected chi connectivity index (χ2v) is 7.79. The van der Waals surface area contributed by atoms with Gasteiger partial charge in [0, 0.05) is 36.5 Å². The fourth-order valence-corrected chi connectivity index (χ4v) is 4.59. The molecule has 3 aliphatic rings. The first-order valence-electron chi connectivity index (χ1n) is 10.2. The van der Waals surface area contributed by atoms with Crippen molar-refractivity contribution in [3.05, 3.63) is 47.2 Å². The zero-order chi connectivity index (χ0) is 17.9. The zero-order valence-electron chi connectivity index (χ0n) is 15.5. The summed E-state index contributed by atoms with van der Waals surface area (Å²) in [7, 11) is 0. The van der Waals surface area contributed by atoms with Gasteiger partial charge < -0.3 is 9.80 Å². The molecule has 2 saturated heterocycles. The van der Waals surface area contributed by atoms with E-state index in [0.717, 1.165) is 45.3 Å². The van der Waals surface area contributed by atoms with E-state index in [-0.39, 0.29) is 11.8 Å². The van der Waals surface area contributed by atoms with Crippen LogP contribution in [0.2, 0.25) is 0 Å². The molecule has 4 nitrogen and oxygen atoms in total. The van der Waals surface area contributed by atoms with Crippen LogP contribution in [0, 0.1) is 5.92 Å². The Morgan fingerprint density at radius 1 is 0.769 bits per heavy atom. The van der Waals surface area contributed by atoms with Gasteiger partial charge in [-0.05, 0) is 81.5 Å². The molecule has 0 radical (unpaired) electrons. The monoisotopic (exact) mass is 352 g/mol. The summed E-state index contributed by atoms with van der Waals surface area (Å²) >= 11 is 0. The Bertz CT molecular complexity index is 701. The summed E-state index contributed by atoms with van der Waals surface area (Å²) in [6.45, 7) is 2.52. The Morgan fingerprint density at radius 2 is 1.42 bits per heavy atom. The third-order valence-electron chi connectivity index (χ3n) is 6.04. The molecule has 4 heteroatoms. The number of hydrogen-bond acceptors (Lipinski definition) is 2. The quantitative estimate of drug-likeness (QED) is 0.799. The molecule has 26 heavy (non-hydrogen) atoms. The summed E-state index contributed by atoms with van der Waals surface area (Å²) in [6, 6.07) is 7.29. The Labute approximate surface area is 155 Å². The lowest BCUT2D eigenvalue weighted by Gasteiger charge is -2.38. The van der Waals surface area contributed by atoms with Crippen molar-refractivity contribution in [3.8, 4) is 0 Å². The molecule has 1 unspecified atom stereocenters. The normalized spacial score (nSPS) is 23.2. The Balaban J connectivity index is 1.48. The first-order valence-corrected chi connectivity index (χ1v) is 10.2. The van der Waals surface area contributed by atoms with Crippen LogP contribution in [0.1, 0.15) is 72.1 Å². The van der Waals surface area contributed by atoms with Crippen LogP contribution in [0.4, 0.5) is 0 Å². The minimum absolute atomic E-state index is 0.0832. The summed E-state index contributed by atoms with van der Waals surface area (Å²) < 4.78 is 0. The van der Waals surface area contributed by atoms with Crippen LogP contribution in [0.5, 0.6) is 0 Å². The summed E-state index contributed by atoms with van der Waals surface area (Å²) in [5.41, 5.74) is 2.62. The number of amides is 2. The Morgan fingerprint density at radius 3 is 2.15 bits per heavy atom. The summed E-state index contributed by atoms with van der Waals surface area (Å²) in [4.78, 5) is 29.5. The highest BCUT2D eigenvalue weighted by atomic mass is 16.2. The Hall–Kier alpha value is -2.10. The molecule has 1 aliphatic carbocycles. The van der Waals surface area contributed by atoms with Gasteiger partial charge in [0.05, 0.1) is 0 Å². The van der Waals surface area contributed by atoms with Gasteiger partial charge in [-0.1, -0.05) is 6.08 Å². The fraction of sp³-hybridized carbons (Fsp3) is 0.545. The predicted octanol–water partition coefficient (Wildman–Crippen LogP) is 4.23. The van der Waals surface area contributed by atoms with Crippen molar-refractivity contribution in [1.29, 1.82) is 0 Å². The van der Waals surface area contributed by atoms with Crippen LogP contribution in [0.15, 0.2) is 36.0 Å². The lowest BCUT2D eigenvalue weighted by Crippen LogP contribution is -2.39. The molecule has 2 amide bonds. The molecule has 138 valence electrons. The van der Waals surface area contributed by atoms with Crippen molar-refractivity contribution in [2.45, 2.75) is 51.4 Å². The van der Waals surface area contributed by atoms with E-state index in [2.05, 4.69) is 6.08 Å². The molecule has 0 aromatic heterocycles. The molecule has 2 aliphatic heterocycles. The molecule has 1 atom stereocenters. The number of carbonyl (C=O) groups excluding carboxylic acids is 2. The van der Waals surface area contributed by atoms with Crippen LogP contribution < -0.4 is 0 Å². The molecular weight excluding hydrogens is 324 g/mol. The van der Waals surface area contributed by atoms with E-state index in [1.54, 1.807) is 0 Å². The number of hydrogen-bond donors (Lipinski definition) is 0. The molecule has 0 spiro atoms. The smallest absolute Gasteiger partial charge is 0.258 e. The highest BCUT2D eigenvalue weighted by Crippen LogP contribution is 2.35. The van der Waals surface area contributed by atoms with E-state index in [9.17, 15) is 9.59 Å². The predicted molar refractivity (Wildman–Crippen MR) is 102 cm³/mol. The van der Waals surface area contributed by atoms with Crippen molar-refractivity contribution >= 4 is 11.8 Å². The SMILES string of the molecule is O=C(c1ccc(C(=O)N2CCCC3CCCC=C32)cc1)N1CCCCC1. The van der Waals surface area contributed by atoms with Gasteiger partial charge >= 0.3 is 0 Å². The molecule has 1 aromatic rings. The molecular formula is C22H28N2O2. The van der Waals surface area contributed by atoms with Gasteiger partial charge in [-0.15, -0.1) is 0 Å². The van der Waals surface area contributed by atoms with Gasteiger partial charge in [-0.25, -0.2) is 0 Å². The molecule has 0 saturated carbocycles. The second-order valence-electron chi connectivity index (χ2n) is 7.79. The number of rotatable bonds is 2. The topological polar surface area (TPSA) is 40.6 Å². The fourth-order valence-electron chi connectivity index (χ4n) is 4.59. The summed E-state index contributed by atoms with van der Waals surface area (Å²) in [5.74, 6) is 0.734. The number of allylic oxidation sites excluding steroid dienone is 2. The zero-order valence-corrected chi connectivity index (χ0v) is 15.5. The largest absolute Gasteiger partial charge is 0.339 e. The van der Waals surface area contributed by atoms with Crippen LogP contribution in [0.3, 0.4) is 0 Å².